The minimum absolute atomic E-state index is 0.395. The van der Waals surface area contributed by atoms with Gasteiger partial charge in [0.25, 0.3) is 0 Å². The van der Waals surface area contributed by atoms with Crippen molar-refractivity contribution >= 4 is 5.97 Å². The first-order chi connectivity index (χ1) is 7.11. The summed E-state index contributed by atoms with van der Waals surface area (Å²) >= 11 is 0. The van der Waals surface area contributed by atoms with E-state index in [0.717, 1.165) is 5.56 Å². The van der Waals surface area contributed by atoms with E-state index in [9.17, 15) is 4.79 Å². The first-order valence-corrected chi connectivity index (χ1v) is 4.80. The molecule has 0 aromatic heterocycles. The Bertz CT molecular complexity index is 312. The molecule has 82 valence electrons. The Labute approximate surface area is 89.5 Å². The van der Waals surface area contributed by atoms with Crippen LogP contribution in [0.2, 0.25) is 0 Å². The molecule has 0 bridgehead atoms. The number of benzene rings is 1. The number of carboxylic acids is 1. The second-order valence-corrected chi connectivity index (χ2v) is 3.56. The number of rotatable bonds is 5. The number of carbonyl (C=O) groups is 1. The smallest absolute Gasteiger partial charge is 0.312 e. The standard InChI is InChI=1S/C11H16N2O2/c1-13(2)12-8-10(11(14)15)9-6-4-3-5-7-9/h3-7,10,12H,8H2,1-2H3,(H,14,15). The monoisotopic (exact) mass is 208 g/mol. The van der Waals surface area contributed by atoms with Gasteiger partial charge >= 0.3 is 5.97 Å². The van der Waals surface area contributed by atoms with Crippen molar-refractivity contribution in [1.82, 2.24) is 10.4 Å². The molecule has 1 aromatic rings. The minimum Gasteiger partial charge on any atom is -0.481 e. The van der Waals surface area contributed by atoms with Crippen molar-refractivity contribution in [3.63, 3.8) is 0 Å². The van der Waals surface area contributed by atoms with Gasteiger partial charge < -0.3 is 5.11 Å². The Kier molecular flexibility index (Phi) is 4.27. The van der Waals surface area contributed by atoms with Crippen LogP contribution in [0.25, 0.3) is 0 Å². The van der Waals surface area contributed by atoms with Gasteiger partial charge in [-0.05, 0) is 5.56 Å². The first-order valence-electron chi connectivity index (χ1n) is 4.80. The number of nitrogens with zero attached hydrogens (tertiary/aromatic N) is 1. The number of hydrazine groups is 1. The lowest BCUT2D eigenvalue weighted by Crippen LogP contribution is -2.36. The summed E-state index contributed by atoms with van der Waals surface area (Å²) in [5.74, 6) is -1.32. The Hall–Kier alpha value is -1.39. The third kappa shape index (κ3) is 3.69. The second-order valence-electron chi connectivity index (χ2n) is 3.56. The van der Waals surface area contributed by atoms with Gasteiger partial charge in [-0.2, -0.15) is 0 Å². The maximum Gasteiger partial charge on any atom is 0.312 e. The fourth-order valence-electron chi connectivity index (χ4n) is 1.31. The van der Waals surface area contributed by atoms with Crippen LogP contribution in [0.3, 0.4) is 0 Å². The molecule has 0 spiro atoms. The molecule has 0 amide bonds. The molecule has 0 saturated carbocycles. The molecule has 1 atom stereocenters. The van der Waals surface area contributed by atoms with E-state index in [4.69, 9.17) is 5.11 Å². The van der Waals surface area contributed by atoms with Crippen molar-refractivity contribution in [1.29, 1.82) is 0 Å². The van der Waals surface area contributed by atoms with Crippen LogP contribution in [0.5, 0.6) is 0 Å². The summed E-state index contributed by atoms with van der Waals surface area (Å²) < 4.78 is 0. The maximum absolute atomic E-state index is 11.1. The molecule has 1 rings (SSSR count). The van der Waals surface area contributed by atoms with Crippen LogP contribution in [-0.4, -0.2) is 36.7 Å². The van der Waals surface area contributed by atoms with Gasteiger partial charge in [0.2, 0.25) is 0 Å². The summed E-state index contributed by atoms with van der Waals surface area (Å²) in [5.41, 5.74) is 3.80. The van der Waals surface area contributed by atoms with Gasteiger partial charge in [0.1, 0.15) is 0 Å². The third-order valence-corrected chi connectivity index (χ3v) is 2.11. The number of nitrogens with one attached hydrogen (secondary N) is 1. The molecule has 1 aromatic carbocycles. The molecule has 0 saturated heterocycles. The van der Waals surface area contributed by atoms with Gasteiger partial charge in [0, 0.05) is 20.6 Å². The second kappa shape index (κ2) is 5.48. The first kappa shape index (κ1) is 11.7. The van der Waals surface area contributed by atoms with Crippen LogP contribution in [0.4, 0.5) is 0 Å². The fraction of sp³-hybridized carbons (Fsp3) is 0.364. The summed E-state index contributed by atoms with van der Waals surface area (Å²) in [4.78, 5) is 11.1. The lowest BCUT2D eigenvalue weighted by atomic mass is 10.00. The summed E-state index contributed by atoms with van der Waals surface area (Å²) in [6.07, 6.45) is 0. The molecular formula is C11H16N2O2. The van der Waals surface area contributed by atoms with Crippen molar-refractivity contribution in [3.05, 3.63) is 35.9 Å². The van der Waals surface area contributed by atoms with E-state index in [-0.39, 0.29) is 0 Å². The molecular weight excluding hydrogens is 192 g/mol. The van der Waals surface area contributed by atoms with Crippen molar-refractivity contribution in [2.75, 3.05) is 20.6 Å². The van der Waals surface area contributed by atoms with Crippen LogP contribution in [0.15, 0.2) is 30.3 Å². The molecule has 4 heteroatoms. The Morgan fingerprint density at radius 3 is 2.47 bits per heavy atom. The van der Waals surface area contributed by atoms with Gasteiger partial charge in [-0.3, -0.25) is 15.2 Å². The Morgan fingerprint density at radius 2 is 2.00 bits per heavy atom. The minimum atomic E-state index is -0.810. The van der Waals surface area contributed by atoms with Crippen molar-refractivity contribution < 1.29 is 9.90 Å². The largest absolute Gasteiger partial charge is 0.481 e. The molecule has 0 radical (unpaired) electrons. The zero-order chi connectivity index (χ0) is 11.3. The van der Waals surface area contributed by atoms with E-state index >= 15 is 0 Å². The summed E-state index contributed by atoms with van der Waals surface area (Å²) in [6, 6.07) is 9.23. The SMILES string of the molecule is CN(C)NCC(C(=O)O)c1ccccc1. The van der Waals surface area contributed by atoms with Crippen LogP contribution >= 0.6 is 0 Å². The number of carboxylic acid groups (broad SMARTS) is 1. The predicted octanol–water partition coefficient (Wildman–Crippen LogP) is 0.921. The van der Waals surface area contributed by atoms with Crippen LogP contribution < -0.4 is 5.43 Å². The molecule has 0 heterocycles. The molecule has 15 heavy (non-hydrogen) atoms. The molecule has 0 aliphatic heterocycles. The fourth-order valence-corrected chi connectivity index (χ4v) is 1.31. The van der Waals surface area contributed by atoms with Gasteiger partial charge in [0.15, 0.2) is 0 Å². The molecule has 0 aliphatic carbocycles. The molecule has 1 unspecified atom stereocenters. The average molecular weight is 208 g/mol. The van der Waals surface area contributed by atoms with Gasteiger partial charge in [-0.15, -0.1) is 0 Å². The molecule has 0 aliphatic rings. The Balaban J connectivity index is 2.71. The number of hydrogen-bond donors (Lipinski definition) is 2. The van der Waals surface area contributed by atoms with Crippen molar-refractivity contribution in [2.24, 2.45) is 0 Å². The quantitative estimate of drug-likeness (QED) is 0.706. The lowest BCUT2D eigenvalue weighted by molar-refractivity contribution is -0.138. The van der Waals surface area contributed by atoms with E-state index in [2.05, 4.69) is 5.43 Å². The van der Waals surface area contributed by atoms with Crippen molar-refractivity contribution in [3.8, 4) is 0 Å². The van der Waals surface area contributed by atoms with E-state index in [1.807, 2.05) is 44.4 Å². The van der Waals surface area contributed by atoms with Crippen LogP contribution in [-0.2, 0) is 4.79 Å². The molecule has 2 N–H and O–H groups in total. The maximum atomic E-state index is 11.1. The van der Waals surface area contributed by atoms with Gasteiger partial charge in [-0.1, -0.05) is 30.3 Å². The predicted molar refractivity (Wildman–Crippen MR) is 58.5 cm³/mol. The molecule has 4 nitrogen and oxygen atoms in total. The Morgan fingerprint density at radius 1 is 1.40 bits per heavy atom. The van der Waals surface area contributed by atoms with E-state index < -0.39 is 11.9 Å². The third-order valence-electron chi connectivity index (χ3n) is 2.11. The topological polar surface area (TPSA) is 52.6 Å². The highest BCUT2D eigenvalue weighted by atomic mass is 16.4. The van der Waals surface area contributed by atoms with E-state index in [1.165, 1.54) is 0 Å². The van der Waals surface area contributed by atoms with E-state index in [1.54, 1.807) is 5.01 Å². The number of aliphatic carboxylic acids is 1. The highest BCUT2D eigenvalue weighted by Crippen LogP contribution is 2.14. The van der Waals surface area contributed by atoms with Gasteiger partial charge in [-0.25, -0.2) is 0 Å². The summed E-state index contributed by atoms with van der Waals surface area (Å²) in [5, 5.41) is 10.8. The summed E-state index contributed by atoms with van der Waals surface area (Å²) in [6.45, 7) is 0.395. The average Bonchev–Trinajstić information content (AvgIpc) is 2.18. The zero-order valence-corrected chi connectivity index (χ0v) is 8.97. The highest BCUT2D eigenvalue weighted by molar-refractivity contribution is 5.76. The van der Waals surface area contributed by atoms with E-state index in [0.29, 0.717) is 6.54 Å². The highest BCUT2D eigenvalue weighted by Gasteiger charge is 2.19. The van der Waals surface area contributed by atoms with Crippen LogP contribution in [0.1, 0.15) is 11.5 Å². The van der Waals surface area contributed by atoms with Gasteiger partial charge in [0.05, 0.1) is 5.92 Å². The summed E-state index contributed by atoms with van der Waals surface area (Å²) in [7, 11) is 3.67. The van der Waals surface area contributed by atoms with Crippen molar-refractivity contribution in [2.45, 2.75) is 5.92 Å². The lowest BCUT2D eigenvalue weighted by Gasteiger charge is -2.17. The molecule has 0 fully saturated rings. The normalized spacial score (nSPS) is 12.7. The van der Waals surface area contributed by atoms with Crippen LogP contribution in [0, 0.1) is 0 Å². The zero-order valence-electron chi connectivity index (χ0n) is 8.97. The number of hydrogen-bond acceptors (Lipinski definition) is 3.